The third-order valence-electron chi connectivity index (χ3n) is 6.25. The van der Waals surface area contributed by atoms with Gasteiger partial charge in [-0.05, 0) is 61.4 Å². The van der Waals surface area contributed by atoms with Crippen LogP contribution >= 0.6 is 23.4 Å². The maximum atomic E-state index is 12.9. The number of urea groups is 1. The molecule has 168 valence electrons. The van der Waals surface area contributed by atoms with Crippen LogP contribution in [0.2, 0.25) is 5.02 Å². The predicted octanol–water partition coefficient (Wildman–Crippen LogP) is 6.24. The van der Waals surface area contributed by atoms with E-state index in [1.165, 1.54) is 11.1 Å². The Morgan fingerprint density at radius 1 is 1.12 bits per heavy atom. The van der Waals surface area contributed by atoms with E-state index in [4.69, 9.17) is 21.6 Å². The van der Waals surface area contributed by atoms with Crippen LogP contribution in [0.1, 0.15) is 42.0 Å². The van der Waals surface area contributed by atoms with Crippen molar-refractivity contribution in [2.75, 3.05) is 24.2 Å². The molecule has 2 heterocycles. The molecular weight excluding hydrogens is 440 g/mol. The molecule has 5 nitrogen and oxygen atoms in total. The fourth-order valence-corrected chi connectivity index (χ4v) is 5.05. The summed E-state index contributed by atoms with van der Waals surface area (Å²) in [5.41, 5.74) is 5.81. The van der Waals surface area contributed by atoms with Crippen molar-refractivity contribution >= 4 is 45.8 Å². The lowest BCUT2D eigenvalue weighted by atomic mass is 9.98. The Labute approximate surface area is 199 Å². The van der Waals surface area contributed by atoms with Gasteiger partial charge < -0.3 is 10.2 Å². The zero-order valence-corrected chi connectivity index (χ0v) is 20.6. The van der Waals surface area contributed by atoms with Crippen LogP contribution in [0, 0.1) is 20.8 Å². The van der Waals surface area contributed by atoms with E-state index in [-0.39, 0.29) is 6.03 Å². The Morgan fingerprint density at radius 3 is 2.56 bits per heavy atom. The first-order valence-corrected chi connectivity index (χ1v) is 12.4. The molecule has 1 fully saturated rings. The average molecular weight is 469 g/mol. The highest BCUT2D eigenvalue weighted by Gasteiger charge is 2.40. The van der Waals surface area contributed by atoms with Gasteiger partial charge in [-0.1, -0.05) is 36.7 Å². The Balaban J connectivity index is 1.50. The molecule has 0 bridgehead atoms. The largest absolute Gasteiger partial charge is 0.324 e. The first-order chi connectivity index (χ1) is 15.3. The van der Waals surface area contributed by atoms with Crippen molar-refractivity contribution in [3.8, 4) is 0 Å². The number of likely N-dealkylation sites (tertiary alicyclic amines) is 1. The van der Waals surface area contributed by atoms with Crippen molar-refractivity contribution in [3.05, 3.63) is 63.7 Å². The number of carbonyl (C=O) groups excluding carboxylic acids is 1. The number of nitrogens with zero attached hydrogens (tertiary/aromatic N) is 3. The minimum Gasteiger partial charge on any atom is -0.324 e. The molecule has 2 aliphatic rings. The first-order valence-electron chi connectivity index (χ1n) is 11.0. The summed E-state index contributed by atoms with van der Waals surface area (Å²) in [5.74, 6) is 0.951. The molecule has 4 rings (SSSR count). The summed E-state index contributed by atoms with van der Waals surface area (Å²) in [4.78, 5) is 24.9. The van der Waals surface area contributed by atoms with E-state index in [2.05, 4.69) is 44.3 Å². The molecule has 0 unspecified atom stereocenters. The summed E-state index contributed by atoms with van der Waals surface area (Å²) < 4.78 is 0. The van der Waals surface area contributed by atoms with E-state index in [9.17, 15) is 4.79 Å². The number of nitrogens with one attached hydrogen (secondary N) is 1. The Hall–Kier alpha value is -2.31. The van der Waals surface area contributed by atoms with Crippen LogP contribution < -0.4 is 5.32 Å². The molecule has 2 aromatic rings. The number of anilines is 1. The lowest BCUT2D eigenvalue weighted by Crippen LogP contribution is -2.46. The highest BCUT2D eigenvalue weighted by atomic mass is 35.5. The second-order valence-electron chi connectivity index (χ2n) is 8.42. The molecule has 1 saturated heterocycles. The molecule has 7 heteroatoms. The number of thioether (sulfide) groups is 1. The topological polar surface area (TPSA) is 57.1 Å². The van der Waals surface area contributed by atoms with Crippen molar-refractivity contribution in [3.63, 3.8) is 0 Å². The predicted molar refractivity (Wildman–Crippen MR) is 137 cm³/mol. The fourth-order valence-electron chi connectivity index (χ4n) is 4.07. The quantitative estimate of drug-likeness (QED) is 0.579. The zero-order valence-electron chi connectivity index (χ0n) is 19.0. The summed E-state index contributed by atoms with van der Waals surface area (Å²) in [6, 6.07) is 11.9. The van der Waals surface area contributed by atoms with Crippen LogP contribution in [0.15, 0.2) is 46.4 Å². The number of hydrogen-bond donors (Lipinski definition) is 1. The van der Waals surface area contributed by atoms with Gasteiger partial charge in [-0.2, -0.15) is 0 Å². The summed E-state index contributed by atoms with van der Waals surface area (Å²) in [5, 5.41) is 4.67. The maximum Gasteiger partial charge on any atom is 0.321 e. The van der Waals surface area contributed by atoms with Crippen molar-refractivity contribution in [2.45, 2.75) is 46.2 Å². The highest BCUT2D eigenvalue weighted by molar-refractivity contribution is 8.15. The number of aliphatic imine (C=N–C) groups is 2. The number of benzene rings is 2. The maximum absolute atomic E-state index is 12.9. The normalized spacial score (nSPS) is 17.3. The fraction of sp³-hybridized carbons (Fsp3) is 0.400. The van der Waals surface area contributed by atoms with E-state index in [1.54, 1.807) is 11.8 Å². The minimum atomic E-state index is -0.464. The van der Waals surface area contributed by atoms with Crippen molar-refractivity contribution in [1.29, 1.82) is 0 Å². The molecule has 0 aromatic heterocycles. The number of carbonyl (C=O) groups is 1. The molecule has 32 heavy (non-hydrogen) atoms. The molecule has 2 amide bonds. The first kappa shape index (κ1) is 22.9. The van der Waals surface area contributed by atoms with Gasteiger partial charge in [0.2, 0.25) is 0 Å². The molecule has 0 atom stereocenters. The van der Waals surface area contributed by atoms with Crippen molar-refractivity contribution in [1.82, 2.24) is 4.90 Å². The van der Waals surface area contributed by atoms with Gasteiger partial charge in [0, 0.05) is 42.2 Å². The second-order valence-corrected chi connectivity index (χ2v) is 10.1. The molecular formula is C25H29ClN4OS. The van der Waals surface area contributed by atoms with Crippen LogP contribution in [0.5, 0.6) is 0 Å². The zero-order chi connectivity index (χ0) is 22.9. The van der Waals surface area contributed by atoms with Crippen molar-refractivity contribution in [2.24, 2.45) is 9.98 Å². The van der Waals surface area contributed by atoms with Crippen LogP contribution in [0.3, 0.4) is 0 Å². The summed E-state index contributed by atoms with van der Waals surface area (Å²) >= 11 is 7.94. The van der Waals surface area contributed by atoms with Gasteiger partial charge in [-0.3, -0.25) is 4.99 Å². The van der Waals surface area contributed by atoms with Gasteiger partial charge in [0.25, 0.3) is 0 Å². The third-order valence-corrected chi connectivity index (χ3v) is 7.51. The molecule has 1 spiro atoms. The third kappa shape index (κ3) is 4.57. The van der Waals surface area contributed by atoms with Crippen LogP contribution in [-0.2, 0) is 0 Å². The van der Waals surface area contributed by atoms with E-state index in [1.807, 2.05) is 30.0 Å². The SMILES string of the molecule is CCSC1=NC2(CCN(C(=O)Nc3cccc(Cl)c3C)CC2)N=C1c1ccc(C)c(C)c1. The number of piperidine rings is 1. The van der Waals surface area contributed by atoms with Crippen LogP contribution in [0.25, 0.3) is 0 Å². The molecule has 0 aliphatic carbocycles. The Kier molecular flexibility index (Phi) is 6.63. The van der Waals surface area contributed by atoms with E-state index >= 15 is 0 Å². The standard InChI is InChI=1S/C25H29ClN4OS/c1-5-32-23-22(19-10-9-16(2)17(3)15-19)28-25(29-23)11-13-30(14-12-25)24(31)27-21-8-6-7-20(26)18(21)4/h6-10,15H,5,11-14H2,1-4H3,(H,27,31). The number of rotatable bonds is 3. The van der Waals surface area contributed by atoms with Crippen LogP contribution in [0.4, 0.5) is 10.5 Å². The number of hydrogen-bond acceptors (Lipinski definition) is 4. The van der Waals surface area contributed by atoms with Gasteiger partial charge >= 0.3 is 6.03 Å². The smallest absolute Gasteiger partial charge is 0.321 e. The monoisotopic (exact) mass is 468 g/mol. The second kappa shape index (κ2) is 9.28. The molecule has 2 aliphatic heterocycles. The van der Waals surface area contributed by atoms with Crippen LogP contribution in [-0.4, -0.2) is 46.2 Å². The van der Waals surface area contributed by atoms with Gasteiger partial charge in [0.1, 0.15) is 5.04 Å². The van der Waals surface area contributed by atoms with Crippen molar-refractivity contribution < 1.29 is 4.79 Å². The molecule has 1 N–H and O–H groups in total. The van der Waals surface area contributed by atoms with Gasteiger partial charge in [-0.15, -0.1) is 11.8 Å². The average Bonchev–Trinajstić information content (AvgIpc) is 3.11. The minimum absolute atomic E-state index is 0.103. The van der Waals surface area contributed by atoms with Gasteiger partial charge in [-0.25, -0.2) is 9.79 Å². The summed E-state index contributed by atoms with van der Waals surface area (Å²) in [7, 11) is 0. The summed E-state index contributed by atoms with van der Waals surface area (Å²) in [6.07, 6.45) is 1.44. The highest BCUT2D eigenvalue weighted by Crippen LogP contribution is 2.36. The number of aryl methyl sites for hydroxylation is 2. The summed E-state index contributed by atoms with van der Waals surface area (Å²) in [6.45, 7) is 9.53. The van der Waals surface area contributed by atoms with E-state index < -0.39 is 5.66 Å². The lowest BCUT2D eigenvalue weighted by Gasteiger charge is -2.35. The van der Waals surface area contributed by atoms with E-state index in [0.717, 1.165) is 46.2 Å². The van der Waals surface area contributed by atoms with E-state index in [0.29, 0.717) is 18.1 Å². The number of halogens is 1. The molecule has 0 saturated carbocycles. The number of amides is 2. The van der Waals surface area contributed by atoms with Gasteiger partial charge in [0.05, 0.1) is 5.71 Å². The Bertz CT molecular complexity index is 1100. The molecule has 0 radical (unpaired) electrons. The Morgan fingerprint density at radius 2 is 1.88 bits per heavy atom. The molecule has 2 aromatic carbocycles. The van der Waals surface area contributed by atoms with Gasteiger partial charge in [0.15, 0.2) is 5.66 Å². The lowest BCUT2D eigenvalue weighted by molar-refractivity contribution is 0.175.